The average molecular weight is 282 g/mol. The molecule has 1 heterocycles. The van der Waals surface area contributed by atoms with Gasteiger partial charge in [-0.1, -0.05) is 20.3 Å². The molecule has 1 saturated heterocycles. The predicted molar refractivity (Wildman–Crippen MR) is 80.8 cm³/mol. The van der Waals surface area contributed by atoms with Crippen LogP contribution in [-0.2, 0) is 4.74 Å². The highest BCUT2D eigenvalue weighted by atomic mass is 16.6. The van der Waals surface area contributed by atoms with Crippen LogP contribution in [0.5, 0.6) is 0 Å². The summed E-state index contributed by atoms with van der Waals surface area (Å²) in [5.41, 5.74) is -0.0185. The van der Waals surface area contributed by atoms with E-state index in [1.54, 1.807) is 0 Å². The van der Waals surface area contributed by atoms with Gasteiger partial charge in [-0.25, -0.2) is 4.79 Å². The number of hydrogen-bond donors (Lipinski definition) is 1. The molecule has 2 aliphatic rings. The lowest BCUT2D eigenvalue weighted by Crippen LogP contribution is -2.45. The molecule has 1 N–H and O–H groups in total. The van der Waals surface area contributed by atoms with Gasteiger partial charge in [0.1, 0.15) is 5.60 Å². The van der Waals surface area contributed by atoms with Crippen molar-refractivity contribution in [3.05, 3.63) is 0 Å². The third kappa shape index (κ3) is 3.87. The molecule has 1 aliphatic heterocycles. The lowest BCUT2D eigenvalue weighted by Gasteiger charge is -2.31. The van der Waals surface area contributed by atoms with E-state index in [2.05, 4.69) is 19.2 Å². The molecule has 0 spiro atoms. The number of amides is 1. The van der Waals surface area contributed by atoms with E-state index in [0.717, 1.165) is 19.5 Å². The van der Waals surface area contributed by atoms with Crippen LogP contribution in [0.1, 0.15) is 60.3 Å². The van der Waals surface area contributed by atoms with Crippen molar-refractivity contribution in [3.8, 4) is 0 Å². The highest BCUT2D eigenvalue weighted by molar-refractivity contribution is 5.68. The van der Waals surface area contributed by atoms with Gasteiger partial charge in [0.2, 0.25) is 0 Å². The molecular weight excluding hydrogens is 252 g/mol. The van der Waals surface area contributed by atoms with E-state index < -0.39 is 5.60 Å². The monoisotopic (exact) mass is 282 g/mol. The normalized spacial score (nSPS) is 29.8. The molecule has 2 fully saturated rings. The molecule has 2 atom stereocenters. The summed E-state index contributed by atoms with van der Waals surface area (Å²) in [5, 5.41) is 3.77. The maximum Gasteiger partial charge on any atom is 0.410 e. The van der Waals surface area contributed by atoms with Crippen molar-refractivity contribution in [3.63, 3.8) is 0 Å². The molecule has 0 aromatic heterocycles. The third-order valence-corrected chi connectivity index (χ3v) is 4.53. The second-order valence-corrected chi connectivity index (χ2v) is 8.01. The molecule has 2 unspecified atom stereocenters. The van der Waals surface area contributed by atoms with Crippen LogP contribution in [-0.4, -0.2) is 41.8 Å². The SMILES string of the molecule is CC(C)(C)OC(=O)N1CCC(NC2CCCC2(C)C)C1. The zero-order valence-corrected chi connectivity index (χ0v) is 13.7. The standard InChI is InChI=1S/C16H30N2O2/c1-15(2,3)20-14(19)18-10-8-12(11-18)17-13-7-6-9-16(13,4)5/h12-13,17H,6-11H2,1-5H3. The fourth-order valence-electron chi connectivity index (χ4n) is 3.31. The van der Waals surface area contributed by atoms with Crippen molar-refractivity contribution >= 4 is 6.09 Å². The molecule has 4 heteroatoms. The summed E-state index contributed by atoms with van der Waals surface area (Å²) in [6.45, 7) is 12.0. The largest absolute Gasteiger partial charge is 0.444 e. The Balaban J connectivity index is 1.82. The maximum absolute atomic E-state index is 12.0. The van der Waals surface area contributed by atoms with Crippen LogP contribution in [0, 0.1) is 5.41 Å². The minimum Gasteiger partial charge on any atom is -0.444 e. The van der Waals surface area contributed by atoms with Gasteiger partial charge in [-0.3, -0.25) is 0 Å². The smallest absolute Gasteiger partial charge is 0.410 e. The highest BCUT2D eigenvalue weighted by Crippen LogP contribution is 2.37. The van der Waals surface area contributed by atoms with Crippen LogP contribution >= 0.6 is 0 Å². The summed E-state index contributed by atoms with van der Waals surface area (Å²) in [5.74, 6) is 0. The molecule has 4 nitrogen and oxygen atoms in total. The van der Waals surface area contributed by atoms with E-state index in [1.807, 2.05) is 25.7 Å². The van der Waals surface area contributed by atoms with Gasteiger partial charge in [-0.05, 0) is 45.4 Å². The number of rotatable bonds is 2. The third-order valence-electron chi connectivity index (χ3n) is 4.53. The minimum absolute atomic E-state index is 0.174. The van der Waals surface area contributed by atoms with Gasteiger partial charge >= 0.3 is 6.09 Å². The first-order valence-electron chi connectivity index (χ1n) is 7.91. The van der Waals surface area contributed by atoms with Crippen LogP contribution in [0.3, 0.4) is 0 Å². The molecular formula is C16H30N2O2. The first-order chi connectivity index (χ1) is 9.17. The Labute approximate surface area is 123 Å². The van der Waals surface area contributed by atoms with E-state index in [4.69, 9.17) is 4.74 Å². The zero-order valence-electron chi connectivity index (χ0n) is 13.7. The van der Waals surface area contributed by atoms with Gasteiger partial charge < -0.3 is 15.0 Å². The van der Waals surface area contributed by atoms with Gasteiger partial charge in [0, 0.05) is 25.2 Å². The van der Waals surface area contributed by atoms with Gasteiger partial charge in [0.15, 0.2) is 0 Å². The summed E-state index contributed by atoms with van der Waals surface area (Å²) in [4.78, 5) is 13.9. The van der Waals surface area contributed by atoms with Crippen molar-refractivity contribution in [2.24, 2.45) is 5.41 Å². The number of likely N-dealkylation sites (tertiary alicyclic amines) is 1. The van der Waals surface area contributed by atoms with Gasteiger partial charge in [-0.2, -0.15) is 0 Å². The fraction of sp³-hybridized carbons (Fsp3) is 0.938. The molecule has 20 heavy (non-hydrogen) atoms. The summed E-state index contributed by atoms with van der Waals surface area (Å²) < 4.78 is 5.44. The number of nitrogens with one attached hydrogen (secondary N) is 1. The maximum atomic E-state index is 12.0. The molecule has 1 saturated carbocycles. The molecule has 116 valence electrons. The molecule has 0 bridgehead atoms. The van der Waals surface area contributed by atoms with Crippen molar-refractivity contribution in [1.82, 2.24) is 10.2 Å². The summed E-state index contributed by atoms with van der Waals surface area (Å²) in [7, 11) is 0. The Hall–Kier alpha value is -0.770. The van der Waals surface area contributed by atoms with E-state index in [0.29, 0.717) is 17.5 Å². The Kier molecular flexibility index (Phi) is 4.33. The van der Waals surface area contributed by atoms with Crippen molar-refractivity contribution in [2.75, 3.05) is 13.1 Å². The Morgan fingerprint density at radius 2 is 2.00 bits per heavy atom. The topological polar surface area (TPSA) is 41.6 Å². The first-order valence-corrected chi connectivity index (χ1v) is 7.91. The number of carbonyl (C=O) groups is 1. The molecule has 1 aliphatic carbocycles. The van der Waals surface area contributed by atoms with Crippen LogP contribution < -0.4 is 5.32 Å². The number of hydrogen-bond acceptors (Lipinski definition) is 3. The van der Waals surface area contributed by atoms with E-state index >= 15 is 0 Å². The highest BCUT2D eigenvalue weighted by Gasteiger charge is 2.37. The second-order valence-electron chi connectivity index (χ2n) is 8.01. The van der Waals surface area contributed by atoms with Crippen LogP contribution in [0.15, 0.2) is 0 Å². The number of nitrogens with zero attached hydrogens (tertiary/aromatic N) is 1. The first kappa shape index (κ1) is 15.6. The van der Waals surface area contributed by atoms with Gasteiger partial charge in [0.05, 0.1) is 0 Å². The molecule has 0 aromatic rings. The quantitative estimate of drug-likeness (QED) is 0.846. The Morgan fingerprint density at radius 3 is 2.55 bits per heavy atom. The molecule has 1 amide bonds. The molecule has 2 rings (SSSR count). The average Bonchev–Trinajstić information content (AvgIpc) is 2.85. The van der Waals surface area contributed by atoms with Crippen molar-refractivity contribution in [1.29, 1.82) is 0 Å². The minimum atomic E-state index is -0.407. The Bertz CT molecular complexity index is 360. The Morgan fingerprint density at radius 1 is 1.30 bits per heavy atom. The predicted octanol–water partition coefficient (Wildman–Crippen LogP) is 3.16. The molecule has 0 radical (unpaired) electrons. The van der Waals surface area contributed by atoms with Crippen LogP contribution in [0.25, 0.3) is 0 Å². The molecule has 0 aromatic carbocycles. The fourth-order valence-corrected chi connectivity index (χ4v) is 3.31. The van der Waals surface area contributed by atoms with E-state index in [9.17, 15) is 4.79 Å². The van der Waals surface area contributed by atoms with Crippen molar-refractivity contribution < 1.29 is 9.53 Å². The van der Waals surface area contributed by atoms with Crippen LogP contribution in [0.4, 0.5) is 4.79 Å². The number of carbonyl (C=O) groups excluding carboxylic acids is 1. The second kappa shape index (κ2) is 5.55. The van der Waals surface area contributed by atoms with E-state index in [1.165, 1.54) is 19.3 Å². The van der Waals surface area contributed by atoms with Crippen molar-refractivity contribution in [2.45, 2.75) is 78.0 Å². The summed E-state index contributed by atoms with van der Waals surface area (Å²) >= 11 is 0. The van der Waals surface area contributed by atoms with Gasteiger partial charge in [0.25, 0.3) is 0 Å². The lowest BCUT2D eigenvalue weighted by atomic mass is 9.87. The lowest BCUT2D eigenvalue weighted by molar-refractivity contribution is 0.0289. The summed E-state index contributed by atoms with van der Waals surface area (Å²) in [6, 6.07) is 1.01. The summed E-state index contributed by atoms with van der Waals surface area (Å²) in [6.07, 6.45) is 4.73. The zero-order chi connectivity index (χ0) is 15.0. The van der Waals surface area contributed by atoms with Gasteiger partial charge in [-0.15, -0.1) is 0 Å². The van der Waals surface area contributed by atoms with E-state index in [-0.39, 0.29) is 6.09 Å². The number of ether oxygens (including phenoxy) is 1. The van der Waals surface area contributed by atoms with Crippen LogP contribution in [0.2, 0.25) is 0 Å².